The Bertz CT molecular complexity index is 1820. The molecule has 0 saturated heterocycles. The van der Waals surface area contributed by atoms with Crippen molar-refractivity contribution >= 4 is 39.5 Å². The van der Waals surface area contributed by atoms with Gasteiger partial charge in [0.05, 0.1) is 26.4 Å². The zero-order chi connectivity index (χ0) is 69.3. The van der Waals surface area contributed by atoms with Gasteiger partial charge in [0.15, 0.2) is 12.2 Å². The minimum Gasteiger partial charge on any atom is -0.462 e. The van der Waals surface area contributed by atoms with Gasteiger partial charge in [-0.1, -0.05) is 337 Å². The van der Waals surface area contributed by atoms with Gasteiger partial charge in [-0.2, -0.15) is 0 Å². The first-order valence-corrected chi connectivity index (χ1v) is 42.0. The Hall–Kier alpha value is -1.94. The quantitative estimate of drug-likeness (QED) is 0.0222. The van der Waals surface area contributed by atoms with Gasteiger partial charge in [-0.15, -0.1) is 0 Å². The molecule has 0 aliphatic rings. The summed E-state index contributed by atoms with van der Waals surface area (Å²) >= 11 is 0. The van der Waals surface area contributed by atoms with E-state index in [0.29, 0.717) is 25.7 Å². The van der Waals surface area contributed by atoms with Crippen LogP contribution in [0.25, 0.3) is 0 Å². The molecule has 558 valence electrons. The molecule has 0 aromatic heterocycles. The maximum atomic E-state index is 13.1. The second kappa shape index (κ2) is 66.9. The molecule has 94 heavy (non-hydrogen) atoms. The average Bonchev–Trinajstić information content (AvgIpc) is 1.51. The number of hydrogen-bond donors (Lipinski definition) is 3. The third-order valence-electron chi connectivity index (χ3n) is 17.5. The monoisotopic (exact) mass is 1380 g/mol. The van der Waals surface area contributed by atoms with E-state index in [-0.39, 0.29) is 25.7 Å². The van der Waals surface area contributed by atoms with Gasteiger partial charge < -0.3 is 33.8 Å². The summed E-state index contributed by atoms with van der Waals surface area (Å²) in [5.74, 6) is -0.602. The summed E-state index contributed by atoms with van der Waals surface area (Å²) in [5.41, 5.74) is 0. The Balaban J connectivity index is 5.25. The van der Waals surface area contributed by atoms with Crippen LogP contribution in [-0.4, -0.2) is 96.7 Å². The molecule has 0 rings (SSSR count). The normalized spacial score (nSPS) is 14.0. The van der Waals surface area contributed by atoms with Gasteiger partial charge in [0.1, 0.15) is 19.3 Å². The van der Waals surface area contributed by atoms with E-state index in [1.165, 1.54) is 205 Å². The molecule has 0 bridgehead atoms. The number of phosphoric ester groups is 2. The topological polar surface area (TPSA) is 237 Å². The molecule has 2 unspecified atom stereocenters. The summed E-state index contributed by atoms with van der Waals surface area (Å²) in [6, 6.07) is 0. The van der Waals surface area contributed by atoms with Crippen molar-refractivity contribution in [2.45, 2.75) is 407 Å². The zero-order valence-corrected chi connectivity index (χ0v) is 63.1. The van der Waals surface area contributed by atoms with E-state index in [0.717, 1.165) is 102 Å². The molecule has 0 heterocycles. The molecule has 3 N–H and O–H groups in total. The van der Waals surface area contributed by atoms with Crippen molar-refractivity contribution in [1.29, 1.82) is 0 Å². The third-order valence-corrected chi connectivity index (χ3v) is 19.4. The predicted octanol–water partition coefficient (Wildman–Crippen LogP) is 21.9. The lowest BCUT2D eigenvalue weighted by Crippen LogP contribution is -2.30. The number of esters is 4. The van der Waals surface area contributed by atoms with Crippen molar-refractivity contribution in [3.05, 3.63) is 0 Å². The second-order valence-corrected chi connectivity index (χ2v) is 30.9. The van der Waals surface area contributed by atoms with E-state index in [1.54, 1.807) is 0 Å². The van der Waals surface area contributed by atoms with Crippen molar-refractivity contribution in [3.8, 4) is 0 Å². The van der Waals surface area contributed by atoms with E-state index in [2.05, 4.69) is 41.5 Å². The van der Waals surface area contributed by atoms with E-state index in [4.69, 9.17) is 37.0 Å². The van der Waals surface area contributed by atoms with Crippen molar-refractivity contribution < 1.29 is 80.2 Å². The number of unbranched alkanes of at least 4 members (excludes halogenated alkanes) is 44. The lowest BCUT2D eigenvalue weighted by Gasteiger charge is -2.21. The minimum absolute atomic E-state index is 0.107. The van der Waals surface area contributed by atoms with Crippen molar-refractivity contribution in [2.24, 2.45) is 11.8 Å². The number of carbonyl (C=O) groups excluding carboxylic acids is 4. The Morgan fingerprint density at radius 1 is 0.287 bits per heavy atom. The largest absolute Gasteiger partial charge is 0.472 e. The fourth-order valence-electron chi connectivity index (χ4n) is 11.5. The van der Waals surface area contributed by atoms with Crippen molar-refractivity contribution in [2.75, 3.05) is 39.6 Å². The van der Waals surface area contributed by atoms with Crippen LogP contribution < -0.4 is 0 Å². The highest BCUT2D eigenvalue weighted by molar-refractivity contribution is 7.47. The molecule has 0 spiro atoms. The lowest BCUT2D eigenvalue weighted by atomic mass is 10.0. The van der Waals surface area contributed by atoms with E-state index < -0.39 is 97.5 Å². The Kier molecular flexibility index (Phi) is 65.5. The maximum Gasteiger partial charge on any atom is 0.472 e. The van der Waals surface area contributed by atoms with Crippen LogP contribution in [0.2, 0.25) is 0 Å². The van der Waals surface area contributed by atoms with Crippen molar-refractivity contribution in [3.63, 3.8) is 0 Å². The van der Waals surface area contributed by atoms with Crippen LogP contribution in [0, 0.1) is 11.8 Å². The van der Waals surface area contributed by atoms with Crippen LogP contribution in [0.5, 0.6) is 0 Å². The fraction of sp³-hybridized carbons (Fsp3) is 0.947. The molecule has 0 radical (unpaired) electrons. The Labute approximate surface area is 575 Å². The van der Waals surface area contributed by atoms with E-state index in [9.17, 15) is 43.2 Å². The summed E-state index contributed by atoms with van der Waals surface area (Å²) in [6.07, 6.45) is 54.0. The first kappa shape index (κ1) is 92.1. The van der Waals surface area contributed by atoms with Gasteiger partial charge in [0.25, 0.3) is 0 Å². The molecule has 0 amide bonds. The summed E-state index contributed by atoms with van der Waals surface area (Å²) in [5, 5.41) is 10.6. The highest BCUT2D eigenvalue weighted by atomic mass is 31.2. The summed E-state index contributed by atoms with van der Waals surface area (Å²) < 4.78 is 68.5. The van der Waals surface area contributed by atoms with Gasteiger partial charge in [-0.25, -0.2) is 9.13 Å². The summed E-state index contributed by atoms with van der Waals surface area (Å²) in [4.78, 5) is 72.8. The predicted molar refractivity (Wildman–Crippen MR) is 381 cm³/mol. The number of carbonyl (C=O) groups is 4. The molecule has 0 aliphatic heterocycles. The minimum atomic E-state index is -4.96. The Morgan fingerprint density at radius 2 is 0.489 bits per heavy atom. The van der Waals surface area contributed by atoms with Crippen LogP contribution in [0.15, 0.2) is 0 Å². The number of ether oxygens (including phenoxy) is 4. The van der Waals surface area contributed by atoms with Crippen LogP contribution in [0.1, 0.15) is 388 Å². The lowest BCUT2D eigenvalue weighted by molar-refractivity contribution is -0.161. The first-order valence-electron chi connectivity index (χ1n) is 39.0. The number of phosphoric acid groups is 2. The molecule has 0 aliphatic carbocycles. The molecule has 0 fully saturated rings. The van der Waals surface area contributed by atoms with Crippen LogP contribution in [0.4, 0.5) is 0 Å². The van der Waals surface area contributed by atoms with Gasteiger partial charge in [-0.3, -0.25) is 37.3 Å². The third kappa shape index (κ3) is 68.6. The van der Waals surface area contributed by atoms with Crippen LogP contribution in [0.3, 0.4) is 0 Å². The molecule has 17 nitrogen and oxygen atoms in total. The number of aliphatic hydroxyl groups is 1. The van der Waals surface area contributed by atoms with Crippen LogP contribution >= 0.6 is 15.6 Å². The standard InChI is InChI=1S/C75H146O17P2/c1-7-9-11-13-15-17-19-21-22-25-29-32-39-45-51-57-72(77)85-63-70(91-75(80)60-54-48-42-34-30-26-23-24-27-31-37-43-49-55-67(3)4)65-89-93(81,82)87-61-69(76)62-88-94(83,84)90-66-71(64-86-73(78)58-52-46-40-36-35-38-44-50-56-68(5)6)92-74(79)59-53-47-41-33-28-20-18-16-14-12-10-8-2/h67-71,76H,7-66H2,1-6H3,(H,81,82)(H,83,84)/t69-,70-,71-/m1/s1. The second-order valence-electron chi connectivity index (χ2n) is 28.0. The zero-order valence-electron chi connectivity index (χ0n) is 61.3. The fourth-order valence-corrected chi connectivity index (χ4v) is 13.1. The first-order chi connectivity index (χ1) is 45.4. The Morgan fingerprint density at radius 3 is 0.723 bits per heavy atom. The van der Waals surface area contributed by atoms with Gasteiger partial charge in [0.2, 0.25) is 0 Å². The number of aliphatic hydroxyl groups excluding tert-OH is 1. The average molecular weight is 1380 g/mol. The molecule has 0 aromatic carbocycles. The van der Waals surface area contributed by atoms with Crippen LogP contribution in [-0.2, 0) is 65.4 Å². The molecule has 5 atom stereocenters. The maximum absolute atomic E-state index is 13.1. The van der Waals surface area contributed by atoms with E-state index in [1.807, 2.05) is 0 Å². The van der Waals surface area contributed by atoms with Gasteiger partial charge in [-0.05, 0) is 37.5 Å². The van der Waals surface area contributed by atoms with Crippen molar-refractivity contribution in [1.82, 2.24) is 0 Å². The molecule has 19 heteroatoms. The molecular weight excluding hydrogens is 1230 g/mol. The SMILES string of the molecule is CCCCCCCCCCCCCCCCCC(=O)OC[C@H](COP(=O)(O)OC[C@@H](O)COP(=O)(O)OC[C@@H](COC(=O)CCCCCCCCCCC(C)C)OC(=O)CCCCCCCCCCCCCC)OC(=O)CCCCCCCCCCCCCCCC(C)C. The van der Waals surface area contributed by atoms with Gasteiger partial charge >= 0.3 is 39.5 Å². The van der Waals surface area contributed by atoms with E-state index >= 15 is 0 Å². The molecule has 0 saturated carbocycles. The highest BCUT2D eigenvalue weighted by Gasteiger charge is 2.30. The smallest absolute Gasteiger partial charge is 0.462 e. The van der Waals surface area contributed by atoms with Gasteiger partial charge in [0, 0.05) is 25.7 Å². The number of rotatable bonds is 74. The summed E-state index contributed by atoms with van der Waals surface area (Å²) in [6.45, 7) is 9.58. The highest BCUT2D eigenvalue weighted by Crippen LogP contribution is 2.45. The summed E-state index contributed by atoms with van der Waals surface area (Å²) in [7, 11) is -9.91. The molecule has 0 aromatic rings. The molecular formula is C75H146O17P2. The number of hydrogen-bond acceptors (Lipinski definition) is 15.